The summed E-state index contributed by atoms with van der Waals surface area (Å²) in [5, 5.41) is 2.63. The number of anilines is 1. The first-order valence-corrected chi connectivity index (χ1v) is 6.80. The normalized spacial score (nSPS) is 16.6. The largest absolute Gasteiger partial charge is 0.444 e. The molecule has 0 saturated heterocycles. The zero-order valence-electron chi connectivity index (χ0n) is 12.5. The Labute approximate surface area is 119 Å². The van der Waals surface area contributed by atoms with Gasteiger partial charge < -0.3 is 9.47 Å². The Morgan fingerprint density at radius 1 is 1.40 bits per heavy atom. The van der Waals surface area contributed by atoms with Gasteiger partial charge in [-0.05, 0) is 45.2 Å². The molecule has 1 aromatic rings. The van der Waals surface area contributed by atoms with E-state index in [4.69, 9.17) is 9.47 Å². The Bertz CT molecular complexity index is 473. The summed E-state index contributed by atoms with van der Waals surface area (Å²) in [5.41, 5.74) is 0.779. The van der Waals surface area contributed by atoms with Crippen molar-refractivity contribution in [3.8, 4) is 0 Å². The molecule has 5 heteroatoms. The maximum atomic E-state index is 11.6. The van der Waals surface area contributed by atoms with E-state index in [1.807, 2.05) is 26.8 Å². The fourth-order valence-corrected chi connectivity index (χ4v) is 2.13. The van der Waals surface area contributed by atoms with Gasteiger partial charge in [0.25, 0.3) is 0 Å². The minimum Gasteiger partial charge on any atom is -0.444 e. The summed E-state index contributed by atoms with van der Waals surface area (Å²) >= 11 is 0. The third-order valence-electron chi connectivity index (χ3n) is 3.28. The summed E-state index contributed by atoms with van der Waals surface area (Å²) in [5.74, 6) is 0.496. The van der Waals surface area contributed by atoms with Crippen LogP contribution >= 0.6 is 0 Å². The van der Waals surface area contributed by atoms with E-state index in [1.165, 1.54) is 0 Å². The van der Waals surface area contributed by atoms with Gasteiger partial charge in [0, 0.05) is 18.7 Å². The van der Waals surface area contributed by atoms with E-state index in [0.29, 0.717) is 12.4 Å². The third-order valence-corrected chi connectivity index (χ3v) is 3.28. The lowest BCUT2D eigenvalue weighted by Gasteiger charge is -2.19. The zero-order chi connectivity index (χ0) is 14.8. The summed E-state index contributed by atoms with van der Waals surface area (Å²) in [7, 11) is 1.71. The molecule has 1 heterocycles. The molecule has 0 aliphatic heterocycles. The minimum absolute atomic E-state index is 0.131. The maximum Gasteiger partial charge on any atom is 0.413 e. The highest BCUT2D eigenvalue weighted by Gasteiger charge is 2.44. The first-order valence-electron chi connectivity index (χ1n) is 6.80. The molecule has 0 aromatic carbocycles. The smallest absolute Gasteiger partial charge is 0.413 e. The van der Waals surface area contributed by atoms with Crippen LogP contribution in [-0.4, -0.2) is 30.4 Å². The van der Waals surface area contributed by atoms with E-state index in [-0.39, 0.29) is 5.41 Å². The number of nitrogens with zero attached hydrogens (tertiary/aromatic N) is 1. The lowest BCUT2D eigenvalue weighted by Crippen LogP contribution is -2.27. The summed E-state index contributed by atoms with van der Waals surface area (Å²) in [6.07, 6.45) is 3.57. The predicted molar refractivity (Wildman–Crippen MR) is 76.9 cm³/mol. The highest BCUT2D eigenvalue weighted by Crippen LogP contribution is 2.48. The van der Waals surface area contributed by atoms with Crippen LogP contribution in [0.5, 0.6) is 0 Å². The molecule has 1 aromatic heterocycles. The molecule has 0 bridgehead atoms. The van der Waals surface area contributed by atoms with Crippen molar-refractivity contribution >= 4 is 11.9 Å². The molecular weight excluding hydrogens is 256 g/mol. The maximum absolute atomic E-state index is 11.6. The van der Waals surface area contributed by atoms with Crippen LogP contribution < -0.4 is 5.32 Å². The topological polar surface area (TPSA) is 60.5 Å². The molecular formula is C15H22N2O3. The number of methoxy groups -OCH3 is 1. The van der Waals surface area contributed by atoms with Crippen molar-refractivity contribution in [2.75, 3.05) is 19.0 Å². The summed E-state index contributed by atoms with van der Waals surface area (Å²) in [6.45, 7) is 6.19. The number of hydrogen-bond donors (Lipinski definition) is 1. The second kappa shape index (κ2) is 5.40. The molecule has 110 valence electrons. The number of aromatic nitrogens is 1. The zero-order valence-corrected chi connectivity index (χ0v) is 12.5. The molecule has 20 heavy (non-hydrogen) atoms. The van der Waals surface area contributed by atoms with Crippen LogP contribution in [-0.2, 0) is 14.9 Å². The fourth-order valence-electron chi connectivity index (χ4n) is 2.13. The van der Waals surface area contributed by atoms with Gasteiger partial charge in [-0.25, -0.2) is 9.78 Å². The van der Waals surface area contributed by atoms with Gasteiger partial charge in [-0.1, -0.05) is 6.07 Å². The summed E-state index contributed by atoms with van der Waals surface area (Å²) < 4.78 is 10.4. The van der Waals surface area contributed by atoms with Gasteiger partial charge in [0.05, 0.1) is 6.61 Å². The number of amides is 1. The summed E-state index contributed by atoms with van der Waals surface area (Å²) in [6, 6.07) is 3.79. The minimum atomic E-state index is -0.513. The van der Waals surface area contributed by atoms with Crippen LogP contribution in [0.15, 0.2) is 18.3 Å². The number of ether oxygens (including phenoxy) is 2. The second-order valence-corrected chi connectivity index (χ2v) is 6.27. The van der Waals surface area contributed by atoms with E-state index in [2.05, 4.69) is 10.3 Å². The molecule has 2 rings (SSSR count). The summed E-state index contributed by atoms with van der Waals surface area (Å²) in [4.78, 5) is 15.9. The molecule has 0 radical (unpaired) electrons. The molecule has 1 aliphatic rings. The molecule has 0 atom stereocenters. The van der Waals surface area contributed by atoms with Crippen LogP contribution in [0.1, 0.15) is 39.2 Å². The van der Waals surface area contributed by atoms with Crippen molar-refractivity contribution in [1.82, 2.24) is 4.98 Å². The van der Waals surface area contributed by atoms with Crippen molar-refractivity contribution in [3.05, 3.63) is 23.9 Å². The van der Waals surface area contributed by atoms with E-state index in [0.717, 1.165) is 18.4 Å². The van der Waals surface area contributed by atoms with Crippen LogP contribution in [0.2, 0.25) is 0 Å². The van der Waals surface area contributed by atoms with E-state index in [1.54, 1.807) is 19.4 Å². The number of carbonyl (C=O) groups excluding carboxylic acids is 1. The molecule has 1 fully saturated rings. The molecule has 0 spiro atoms. The Morgan fingerprint density at radius 2 is 2.10 bits per heavy atom. The Balaban J connectivity index is 1.97. The quantitative estimate of drug-likeness (QED) is 0.919. The molecule has 1 amide bonds. The van der Waals surface area contributed by atoms with Crippen molar-refractivity contribution in [3.63, 3.8) is 0 Å². The second-order valence-electron chi connectivity index (χ2n) is 6.27. The third kappa shape index (κ3) is 3.70. The van der Waals surface area contributed by atoms with Gasteiger partial charge in [0.1, 0.15) is 11.4 Å². The molecule has 1 aliphatic carbocycles. The number of carbonyl (C=O) groups is 1. The highest BCUT2D eigenvalue weighted by atomic mass is 16.6. The standard InChI is InChI=1S/C15H22N2O3/c1-14(2,3)20-13(18)17-12-6-5-11(9-16-12)15(7-8-15)10-19-4/h5-6,9H,7-8,10H2,1-4H3,(H,16,17,18). The molecule has 1 N–H and O–H groups in total. The number of nitrogens with one attached hydrogen (secondary N) is 1. The SMILES string of the molecule is COCC1(c2ccc(NC(=O)OC(C)(C)C)nc2)CC1. The van der Waals surface area contributed by atoms with Crippen LogP contribution in [0.3, 0.4) is 0 Å². The lowest BCUT2D eigenvalue weighted by molar-refractivity contribution is 0.0635. The van der Waals surface area contributed by atoms with Crippen molar-refractivity contribution < 1.29 is 14.3 Å². The van der Waals surface area contributed by atoms with Crippen LogP contribution in [0.25, 0.3) is 0 Å². The van der Waals surface area contributed by atoms with Gasteiger partial charge >= 0.3 is 6.09 Å². The number of rotatable bonds is 4. The molecule has 1 saturated carbocycles. The first kappa shape index (κ1) is 14.8. The highest BCUT2D eigenvalue weighted by molar-refractivity contribution is 5.83. The van der Waals surface area contributed by atoms with E-state index in [9.17, 15) is 4.79 Å². The molecule has 5 nitrogen and oxygen atoms in total. The Hall–Kier alpha value is -1.62. The van der Waals surface area contributed by atoms with E-state index >= 15 is 0 Å². The average Bonchev–Trinajstić information content (AvgIpc) is 3.09. The lowest BCUT2D eigenvalue weighted by atomic mass is 9.99. The van der Waals surface area contributed by atoms with Crippen molar-refractivity contribution in [2.24, 2.45) is 0 Å². The van der Waals surface area contributed by atoms with Gasteiger partial charge in [0.2, 0.25) is 0 Å². The van der Waals surface area contributed by atoms with Crippen molar-refractivity contribution in [1.29, 1.82) is 0 Å². The van der Waals surface area contributed by atoms with Gasteiger partial charge in [0.15, 0.2) is 0 Å². The fraction of sp³-hybridized carbons (Fsp3) is 0.600. The number of pyridine rings is 1. The van der Waals surface area contributed by atoms with Gasteiger partial charge in [-0.15, -0.1) is 0 Å². The molecule has 0 unspecified atom stereocenters. The Morgan fingerprint density at radius 3 is 2.55 bits per heavy atom. The number of hydrogen-bond acceptors (Lipinski definition) is 4. The predicted octanol–water partition coefficient (Wildman–Crippen LogP) is 3.11. The van der Waals surface area contributed by atoms with Crippen molar-refractivity contribution in [2.45, 2.75) is 44.6 Å². The van der Waals surface area contributed by atoms with Crippen LogP contribution in [0.4, 0.5) is 10.6 Å². The van der Waals surface area contributed by atoms with Gasteiger partial charge in [-0.3, -0.25) is 5.32 Å². The van der Waals surface area contributed by atoms with E-state index < -0.39 is 11.7 Å². The van der Waals surface area contributed by atoms with Crippen LogP contribution in [0, 0.1) is 0 Å². The Kier molecular flexibility index (Phi) is 3.99. The monoisotopic (exact) mass is 278 g/mol. The van der Waals surface area contributed by atoms with Gasteiger partial charge in [-0.2, -0.15) is 0 Å². The first-order chi connectivity index (χ1) is 9.35. The average molecular weight is 278 g/mol.